The number of ether oxygens (including phenoxy) is 4. The van der Waals surface area contributed by atoms with Gasteiger partial charge in [-0.15, -0.1) is 0 Å². The Balaban J connectivity index is 1.46. The molecular formula is C37H37ClN4O5. The quantitative estimate of drug-likeness (QED) is 0.0917. The molecule has 0 aliphatic heterocycles. The summed E-state index contributed by atoms with van der Waals surface area (Å²) >= 11 is 6.60. The lowest BCUT2D eigenvalue weighted by molar-refractivity contribution is -0.144. The molecule has 0 aliphatic rings. The van der Waals surface area contributed by atoms with Crippen molar-refractivity contribution in [3.8, 4) is 17.2 Å². The van der Waals surface area contributed by atoms with E-state index in [0.717, 1.165) is 16.9 Å². The smallest absolute Gasteiger partial charge is 0.310 e. The average molecular weight is 653 g/mol. The third-order valence-electron chi connectivity index (χ3n) is 7.25. The molecule has 0 N–H and O–H groups in total. The molecule has 0 saturated heterocycles. The predicted molar refractivity (Wildman–Crippen MR) is 182 cm³/mol. The van der Waals surface area contributed by atoms with Crippen LogP contribution in [0.3, 0.4) is 0 Å². The third kappa shape index (κ3) is 8.84. The van der Waals surface area contributed by atoms with Crippen molar-refractivity contribution in [3.63, 3.8) is 0 Å². The topological polar surface area (TPSA) is 95.9 Å². The first kappa shape index (κ1) is 33.4. The molecule has 3 aromatic carbocycles. The number of halogens is 1. The molecule has 0 fully saturated rings. The summed E-state index contributed by atoms with van der Waals surface area (Å²) in [7, 11) is 1.58. The van der Waals surface area contributed by atoms with Gasteiger partial charge in [-0.3, -0.25) is 14.7 Å². The van der Waals surface area contributed by atoms with Crippen molar-refractivity contribution in [2.75, 3.05) is 25.2 Å². The molecule has 242 valence electrons. The number of para-hydroxylation sites is 1. The van der Waals surface area contributed by atoms with Crippen molar-refractivity contribution in [3.05, 3.63) is 125 Å². The number of esters is 1. The van der Waals surface area contributed by atoms with Crippen molar-refractivity contribution >= 4 is 34.8 Å². The van der Waals surface area contributed by atoms with Crippen molar-refractivity contribution in [2.45, 2.75) is 39.2 Å². The van der Waals surface area contributed by atoms with Gasteiger partial charge < -0.3 is 18.9 Å². The van der Waals surface area contributed by atoms with Crippen LogP contribution in [0.1, 0.15) is 37.6 Å². The van der Waals surface area contributed by atoms with E-state index in [2.05, 4.69) is 55.0 Å². The lowest BCUT2D eigenvalue weighted by Crippen LogP contribution is -2.16. The van der Waals surface area contributed by atoms with Gasteiger partial charge in [-0.05, 0) is 65.1 Å². The summed E-state index contributed by atoms with van der Waals surface area (Å²) < 4.78 is 23.3. The lowest BCUT2D eigenvalue weighted by atomic mass is 9.87. The van der Waals surface area contributed by atoms with Crippen LogP contribution in [0.15, 0.2) is 104 Å². The molecule has 5 aromatic rings. The molecule has 10 heteroatoms. The van der Waals surface area contributed by atoms with Gasteiger partial charge in [-0.2, -0.15) is 0 Å². The number of hydrogen-bond acceptors (Lipinski definition) is 9. The molecule has 0 radical (unpaired) electrons. The highest BCUT2D eigenvalue weighted by Crippen LogP contribution is 2.43. The number of benzene rings is 3. The number of aromatic nitrogens is 3. The number of carbonyl (C=O) groups excluding carboxylic acids is 1. The molecule has 9 nitrogen and oxygen atoms in total. The summed E-state index contributed by atoms with van der Waals surface area (Å²) in [6.07, 6.45) is 4.91. The first-order chi connectivity index (χ1) is 22.7. The fraction of sp³-hybridized carbons (Fsp3) is 0.243. The number of carbonyl (C=O) groups is 1. The van der Waals surface area contributed by atoms with Crippen LogP contribution in [0.2, 0.25) is 5.02 Å². The summed E-state index contributed by atoms with van der Waals surface area (Å²) in [5.41, 5.74) is 4.23. The van der Waals surface area contributed by atoms with Crippen molar-refractivity contribution in [1.29, 1.82) is 0 Å². The maximum Gasteiger partial charge on any atom is 0.310 e. The van der Waals surface area contributed by atoms with E-state index in [1.54, 1.807) is 49.8 Å². The second-order valence-corrected chi connectivity index (χ2v) is 12.1. The van der Waals surface area contributed by atoms with Crippen LogP contribution in [0.5, 0.6) is 17.2 Å². The molecule has 0 atom stereocenters. The van der Waals surface area contributed by atoms with Gasteiger partial charge in [-0.25, -0.2) is 9.97 Å². The van der Waals surface area contributed by atoms with E-state index in [-0.39, 0.29) is 37.6 Å². The second-order valence-electron chi connectivity index (χ2n) is 11.6. The molecule has 0 amide bonds. The highest BCUT2D eigenvalue weighted by atomic mass is 35.5. The highest BCUT2D eigenvalue weighted by molar-refractivity contribution is 6.32. The van der Waals surface area contributed by atoms with E-state index >= 15 is 0 Å². The molecule has 47 heavy (non-hydrogen) atoms. The van der Waals surface area contributed by atoms with Crippen LogP contribution in [0.25, 0.3) is 0 Å². The van der Waals surface area contributed by atoms with Gasteiger partial charge in [0.15, 0.2) is 11.6 Å². The zero-order valence-electron chi connectivity index (χ0n) is 26.9. The van der Waals surface area contributed by atoms with Gasteiger partial charge in [-0.1, -0.05) is 62.7 Å². The maximum absolute atomic E-state index is 12.3. The summed E-state index contributed by atoms with van der Waals surface area (Å²) in [5.74, 6) is 1.42. The number of hydrogen-bond donors (Lipinski definition) is 0. The number of nitrogens with zero attached hydrogens (tertiary/aromatic N) is 4. The van der Waals surface area contributed by atoms with Crippen molar-refractivity contribution < 1.29 is 23.7 Å². The number of methoxy groups -OCH3 is 1. The van der Waals surface area contributed by atoms with E-state index in [1.807, 2.05) is 35.2 Å². The number of rotatable bonds is 13. The van der Waals surface area contributed by atoms with E-state index in [0.29, 0.717) is 33.8 Å². The minimum Gasteiger partial charge on any atom is -0.497 e. The minimum atomic E-state index is -0.350. The predicted octanol–water partition coefficient (Wildman–Crippen LogP) is 8.40. The van der Waals surface area contributed by atoms with E-state index < -0.39 is 0 Å². The van der Waals surface area contributed by atoms with Crippen molar-refractivity contribution in [2.24, 2.45) is 0 Å². The maximum atomic E-state index is 12.3. The monoisotopic (exact) mass is 652 g/mol. The standard InChI is InChI=1S/C37H37ClN4O5/c1-37(2,3)27-10-12-29(13-11-27)42(28-8-6-5-7-9-28)36-35(47-33-23-30(44-4)14-15-31(33)38)32(40-25-41-36)24-45-20-21-46-34(43)22-26-16-18-39-19-17-26/h5-19,23,25H,20-22,24H2,1-4H3. The Bertz CT molecular complexity index is 1760. The summed E-state index contributed by atoms with van der Waals surface area (Å²) in [6, 6.07) is 27.0. The third-order valence-corrected chi connectivity index (χ3v) is 7.57. The largest absolute Gasteiger partial charge is 0.497 e. The van der Waals surface area contributed by atoms with E-state index in [4.69, 9.17) is 35.5 Å². The van der Waals surface area contributed by atoms with Gasteiger partial charge in [0, 0.05) is 29.8 Å². The van der Waals surface area contributed by atoms with Crippen LogP contribution in [-0.2, 0) is 32.7 Å². The fourth-order valence-electron chi connectivity index (χ4n) is 4.75. The second kappa shape index (κ2) is 15.5. The first-order valence-electron chi connectivity index (χ1n) is 15.2. The van der Waals surface area contributed by atoms with Crippen LogP contribution in [-0.4, -0.2) is 41.2 Å². The van der Waals surface area contributed by atoms with Gasteiger partial charge >= 0.3 is 5.97 Å². The lowest BCUT2D eigenvalue weighted by Gasteiger charge is -2.28. The molecule has 0 bridgehead atoms. The Morgan fingerprint density at radius 1 is 0.872 bits per heavy atom. The Hall–Kier alpha value is -4.99. The normalized spacial score (nSPS) is 11.2. The molecular weight excluding hydrogens is 616 g/mol. The summed E-state index contributed by atoms with van der Waals surface area (Å²) in [6.45, 7) is 6.83. The van der Waals surface area contributed by atoms with Gasteiger partial charge in [0.05, 0.1) is 31.8 Å². The van der Waals surface area contributed by atoms with Crippen LogP contribution in [0.4, 0.5) is 17.2 Å². The number of pyridine rings is 1. The first-order valence-corrected chi connectivity index (χ1v) is 15.5. The Morgan fingerprint density at radius 2 is 1.60 bits per heavy atom. The van der Waals surface area contributed by atoms with E-state index in [9.17, 15) is 4.79 Å². The van der Waals surface area contributed by atoms with Crippen LogP contribution >= 0.6 is 11.6 Å². The molecule has 2 heterocycles. The molecule has 0 aliphatic carbocycles. The molecule has 0 unspecified atom stereocenters. The number of anilines is 3. The molecule has 0 saturated carbocycles. The Kier molecular flexibility index (Phi) is 11.0. The zero-order chi connectivity index (χ0) is 33.2. The van der Waals surface area contributed by atoms with E-state index in [1.165, 1.54) is 11.9 Å². The van der Waals surface area contributed by atoms with Gasteiger partial charge in [0.25, 0.3) is 0 Å². The summed E-state index contributed by atoms with van der Waals surface area (Å²) in [4.78, 5) is 27.5. The van der Waals surface area contributed by atoms with Crippen LogP contribution in [0, 0.1) is 0 Å². The molecule has 0 spiro atoms. The van der Waals surface area contributed by atoms with Gasteiger partial charge in [0.1, 0.15) is 30.1 Å². The minimum absolute atomic E-state index is 0.0136. The van der Waals surface area contributed by atoms with Crippen LogP contribution < -0.4 is 14.4 Å². The summed E-state index contributed by atoms with van der Waals surface area (Å²) in [5, 5.41) is 0.384. The SMILES string of the molecule is COc1ccc(Cl)c(Oc2c(COCCOC(=O)Cc3ccncc3)ncnc2N(c2ccccc2)c2ccc(C(C)(C)C)cc2)c1. The molecule has 5 rings (SSSR count). The Labute approximate surface area is 280 Å². The van der Waals surface area contributed by atoms with Crippen molar-refractivity contribution in [1.82, 2.24) is 15.0 Å². The zero-order valence-corrected chi connectivity index (χ0v) is 27.6. The highest BCUT2D eigenvalue weighted by Gasteiger charge is 2.24. The Morgan fingerprint density at radius 3 is 2.30 bits per heavy atom. The van der Waals surface area contributed by atoms with Gasteiger partial charge in [0.2, 0.25) is 0 Å². The average Bonchev–Trinajstić information content (AvgIpc) is 3.07. The fourth-order valence-corrected chi connectivity index (χ4v) is 4.90. The molecule has 2 aromatic heterocycles.